The molecule has 0 aliphatic carbocycles. The van der Waals surface area contributed by atoms with Gasteiger partial charge in [0.1, 0.15) is 18.1 Å². The number of carboxylic acids is 2. The number of hydrogen-bond donors (Lipinski definition) is 8. The zero-order valence-electron chi connectivity index (χ0n) is 22.6. The fourth-order valence-corrected chi connectivity index (χ4v) is 4.48. The van der Waals surface area contributed by atoms with Gasteiger partial charge in [0, 0.05) is 36.4 Å². The Morgan fingerprint density at radius 3 is 2.15 bits per heavy atom. The van der Waals surface area contributed by atoms with Crippen LogP contribution >= 0.6 is 11.8 Å². The molecule has 1 aromatic heterocycles. The number of rotatable bonds is 18. The van der Waals surface area contributed by atoms with E-state index in [2.05, 4.69) is 20.9 Å². The second-order valence-corrected chi connectivity index (χ2v) is 10.4. The molecule has 0 saturated heterocycles. The first-order valence-corrected chi connectivity index (χ1v) is 14.3. The summed E-state index contributed by atoms with van der Waals surface area (Å²) in [7, 11) is 0. The SMILES string of the molecule is CSCCC(NC(=O)C(CCC(=O)O)NC(=O)C(Cc1c[nH]c2ccccc12)NC(=O)C(N)CCC(N)=O)C(=O)O. The van der Waals surface area contributed by atoms with Gasteiger partial charge in [0.15, 0.2) is 0 Å². The number of hydrogen-bond acceptors (Lipinski definition) is 8. The molecule has 1 heterocycles. The van der Waals surface area contributed by atoms with Crippen LogP contribution in [0.4, 0.5) is 0 Å². The van der Waals surface area contributed by atoms with Gasteiger partial charge >= 0.3 is 11.9 Å². The lowest BCUT2D eigenvalue weighted by Gasteiger charge is -2.25. The predicted molar refractivity (Wildman–Crippen MR) is 152 cm³/mol. The van der Waals surface area contributed by atoms with Gasteiger partial charge in [-0.05, 0) is 42.9 Å². The highest BCUT2D eigenvalue weighted by molar-refractivity contribution is 7.98. The summed E-state index contributed by atoms with van der Waals surface area (Å²) in [6.45, 7) is 0. The Labute approximate surface area is 240 Å². The Kier molecular flexibility index (Phi) is 13.1. The minimum absolute atomic E-state index is 0.0249. The lowest BCUT2D eigenvalue weighted by Crippen LogP contribution is -2.57. The molecule has 4 amide bonds. The quantitative estimate of drug-likeness (QED) is 0.110. The van der Waals surface area contributed by atoms with E-state index in [4.69, 9.17) is 16.6 Å². The van der Waals surface area contributed by atoms with Crippen LogP contribution in [0.15, 0.2) is 30.5 Å². The van der Waals surface area contributed by atoms with Crippen LogP contribution in [-0.4, -0.2) is 86.9 Å². The molecule has 0 aliphatic rings. The van der Waals surface area contributed by atoms with Gasteiger partial charge in [-0.15, -0.1) is 0 Å². The number of carbonyl (C=O) groups excluding carboxylic acids is 4. The van der Waals surface area contributed by atoms with Crippen molar-refractivity contribution >= 4 is 58.2 Å². The highest BCUT2D eigenvalue weighted by Crippen LogP contribution is 2.19. The van der Waals surface area contributed by atoms with Gasteiger partial charge in [0.2, 0.25) is 23.6 Å². The molecule has 10 N–H and O–H groups in total. The average molecular weight is 593 g/mol. The molecule has 0 saturated carbocycles. The molecule has 224 valence electrons. The van der Waals surface area contributed by atoms with Crippen molar-refractivity contribution in [1.82, 2.24) is 20.9 Å². The third-order valence-corrected chi connectivity index (χ3v) is 6.92. The first kappa shape index (κ1) is 33.1. The molecule has 15 heteroatoms. The van der Waals surface area contributed by atoms with E-state index in [1.807, 2.05) is 18.2 Å². The highest BCUT2D eigenvalue weighted by Gasteiger charge is 2.31. The van der Waals surface area contributed by atoms with Crippen LogP contribution in [0.25, 0.3) is 10.9 Å². The monoisotopic (exact) mass is 592 g/mol. The van der Waals surface area contributed by atoms with Crippen LogP contribution in [0.5, 0.6) is 0 Å². The van der Waals surface area contributed by atoms with Crippen molar-refractivity contribution in [3.63, 3.8) is 0 Å². The maximum Gasteiger partial charge on any atom is 0.326 e. The lowest BCUT2D eigenvalue weighted by molar-refractivity contribution is -0.143. The van der Waals surface area contributed by atoms with Gasteiger partial charge < -0.3 is 42.6 Å². The zero-order valence-corrected chi connectivity index (χ0v) is 23.4. The maximum absolute atomic E-state index is 13.5. The van der Waals surface area contributed by atoms with Crippen LogP contribution in [0.2, 0.25) is 0 Å². The van der Waals surface area contributed by atoms with Crippen LogP contribution in [0.3, 0.4) is 0 Å². The molecular formula is C26H36N6O8S. The van der Waals surface area contributed by atoms with Crippen LogP contribution in [-0.2, 0) is 35.2 Å². The predicted octanol–water partition coefficient (Wildman–Crippen LogP) is -0.540. The maximum atomic E-state index is 13.5. The summed E-state index contributed by atoms with van der Waals surface area (Å²) >= 11 is 1.39. The number of aliphatic carboxylic acids is 2. The van der Waals surface area contributed by atoms with E-state index in [9.17, 15) is 33.9 Å². The first-order chi connectivity index (χ1) is 19.4. The Hall–Kier alpha value is -4.11. The van der Waals surface area contributed by atoms with Gasteiger partial charge in [-0.2, -0.15) is 11.8 Å². The van der Waals surface area contributed by atoms with E-state index < -0.39 is 66.2 Å². The average Bonchev–Trinajstić information content (AvgIpc) is 3.33. The summed E-state index contributed by atoms with van der Waals surface area (Å²) in [6, 6.07) is 2.21. The third kappa shape index (κ3) is 10.8. The number of para-hydroxylation sites is 1. The number of aromatic nitrogens is 1. The van der Waals surface area contributed by atoms with Crippen molar-refractivity contribution in [3.05, 3.63) is 36.0 Å². The Balaban J connectivity index is 2.30. The Morgan fingerprint density at radius 2 is 1.51 bits per heavy atom. The van der Waals surface area contributed by atoms with E-state index in [1.54, 1.807) is 18.5 Å². The number of carboxylic acid groups (broad SMARTS) is 2. The topological polar surface area (TPSA) is 247 Å². The molecule has 14 nitrogen and oxygen atoms in total. The molecule has 2 rings (SSSR count). The lowest BCUT2D eigenvalue weighted by atomic mass is 10.0. The van der Waals surface area contributed by atoms with Crippen molar-refractivity contribution in [1.29, 1.82) is 0 Å². The van der Waals surface area contributed by atoms with Crippen molar-refractivity contribution in [3.8, 4) is 0 Å². The van der Waals surface area contributed by atoms with E-state index >= 15 is 0 Å². The number of nitrogens with one attached hydrogen (secondary N) is 4. The Morgan fingerprint density at radius 1 is 0.878 bits per heavy atom. The Bertz CT molecular complexity index is 1250. The van der Waals surface area contributed by atoms with Gasteiger partial charge in [-0.25, -0.2) is 4.79 Å². The van der Waals surface area contributed by atoms with E-state index in [1.165, 1.54) is 11.8 Å². The number of thioether (sulfide) groups is 1. The smallest absolute Gasteiger partial charge is 0.326 e. The van der Waals surface area contributed by atoms with Gasteiger partial charge in [0.05, 0.1) is 6.04 Å². The minimum atomic E-state index is -1.40. The molecule has 0 radical (unpaired) electrons. The first-order valence-electron chi connectivity index (χ1n) is 12.9. The molecule has 4 unspecified atom stereocenters. The molecule has 1 aromatic carbocycles. The molecule has 0 aliphatic heterocycles. The molecule has 4 atom stereocenters. The van der Waals surface area contributed by atoms with Crippen LogP contribution in [0.1, 0.15) is 37.7 Å². The zero-order chi connectivity index (χ0) is 30.5. The summed E-state index contributed by atoms with van der Waals surface area (Å²) in [5.74, 6) is -5.12. The minimum Gasteiger partial charge on any atom is -0.481 e. The van der Waals surface area contributed by atoms with Crippen molar-refractivity contribution < 1.29 is 39.0 Å². The highest BCUT2D eigenvalue weighted by atomic mass is 32.2. The van der Waals surface area contributed by atoms with Crippen molar-refractivity contribution in [2.75, 3.05) is 12.0 Å². The molecule has 2 aromatic rings. The fourth-order valence-electron chi connectivity index (χ4n) is 4.01. The number of H-pyrrole nitrogens is 1. The largest absolute Gasteiger partial charge is 0.481 e. The van der Waals surface area contributed by atoms with Crippen molar-refractivity contribution in [2.24, 2.45) is 11.5 Å². The number of primary amides is 1. The van der Waals surface area contributed by atoms with Gasteiger partial charge in [-0.1, -0.05) is 18.2 Å². The summed E-state index contributed by atoms with van der Waals surface area (Å²) < 4.78 is 0. The number of fused-ring (bicyclic) bond motifs is 1. The number of amides is 4. The fraction of sp³-hybridized carbons (Fsp3) is 0.462. The standard InChI is InChI=1S/C26H36N6O8S/c1-41-11-10-19(26(39)40)31-24(37)18(7-9-22(34)35)30-25(38)20(32-23(36)16(27)6-8-21(28)33)12-14-13-29-17-5-3-2-4-15(14)17/h2-5,13,16,18-20,29H,6-12,27H2,1H3,(H2,28,33)(H,30,38)(H,31,37)(H,32,36)(H,34,35)(H,39,40). The van der Waals surface area contributed by atoms with Crippen molar-refractivity contribution in [2.45, 2.75) is 62.7 Å². The second kappa shape index (κ2) is 16.2. The van der Waals surface area contributed by atoms with Crippen LogP contribution in [0, 0.1) is 0 Å². The van der Waals surface area contributed by atoms with Gasteiger partial charge in [-0.3, -0.25) is 24.0 Å². The van der Waals surface area contributed by atoms with Crippen LogP contribution < -0.4 is 27.4 Å². The van der Waals surface area contributed by atoms with E-state index in [0.29, 0.717) is 11.3 Å². The number of benzene rings is 1. The molecular weight excluding hydrogens is 556 g/mol. The van der Waals surface area contributed by atoms with E-state index in [-0.39, 0.29) is 32.1 Å². The summed E-state index contributed by atoms with van der Waals surface area (Å²) in [4.78, 5) is 76.4. The third-order valence-electron chi connectivity index (χ3n) is 6.28. The van der Waals surface area contributed by atoms with Gasteiger partial charge in [0.25, 0.3) is 0 Å². The summed E-state index contributed by atoms with van der Waals surface area (Å²) in [5, 5.41) is 26.8. The summed E-state index contributed by atoms with van der Waals surface area (Å²) in [6.07, 6.45) is 2.52. The second-order valence-electron chi connectivity index (χ2n) is 9.41. The molecule has 41 heavy (non-hydrogen) atoms. The number of nitrogens with two attached hydrogens (primary N) is 2. The molecule has 0 spiro atoms. The molecule has 0 bridgehead atoms. The van der Waals surface area contributed by atoms with E-state index in [0.717, 1.165) is 10.9 Å². The number of aromatic amines is 1. The number of carbonyl (C=O) groups is 6. The normalized spacial score (nSPS) is 13.9. The summed E-state index contributed by atoms with van der Waals surface area (Å²) in [5.41, 5.74) is 12.5. The molecule has 0 fully saturated rings.